The van der Waals surface area contributed by atoms with E-state index in [9.17, 15) is 9.90 Å². The maximum Gasteiger partial charge on any atom is 0.256 e. The second-order valence-electron chi connectivity index (χ2n) is 4.27. The van der Waals surface area contributed by atoms with Gasteiger partial charge in [-0.05, 0) is 31.9 Å². The van der Waals surface area contributed by atoms with Crippen molar-refractivity contribution in [1.82, 2.24) is 4.57 Å². The largest absolute Gasteiger partial charge is 0.391 e. The molecule has 0 atom stereocenters. The Balaban J connectivity index is 3.04. The zero-order chi connectivity index (χ0) is 12.1. The molecule has 1 heterocycles. The second kappa shape index (κ2) is 5.85. The Morgan fingerprint density at radius 2 is 2.00 bits per heavy atom. The fraction of sp³-hybridized carbons (Fsp3) is 0.615. The van der Waals surface area contributed by atoms with Crippen molar-refractivity contribution in [1.29, 1.82) is 0 Å². The van der Waals surface area contributed by atoms with Gasteiger partial charge in [-0.1, -0.05) is 19.8 Å². The Morgan fingerprint density at radius 3 is 2.56 bits per heavy atom. The molecule has 1 aromatic rings. The maximum absolute atomic E-state index is 12.0. The number of aromatic nitrogens is 1. The summed E-state index contributed by atoms with van der Waals surface area (Å²) in [6, 6.07) is 1.97. The second-order valence-corrected chi connectivity index (χ2v) is 4.27. The molecule has 3 heteroatoms. The molecule has 90 valence electrons. The minimum Gasteiger partial charge on any atom is -0.391 e. The minimum absolute atomic E-state index is 0.0314. The highest BCUT2D eigenvalue weighted by atomic mass is 16.3. The maximum atomic E-state index is 12.0. The van der Waals surface area contributed by atoms with Gasteiger partial charge >= 0.3 is 0 Å². The zero-order valence-electron chi connectivity index (χ0n) is 10.4. The molecule has 0 unspecified atom stereocenters. The van der Waals surface area contributed by atoms with Crippen molar-refractivity contribution in [3.63, 3.8) is 0 Å². The minimum atomic E-state index is -0.168. The number of nitrogens with zero attached hydrogens (tertiary/aromatic N) is 1. The highest BCUT2D eigenvalue weighted by Crippen LogP contribution is 2.07. The first-order chi connectivity index (χ1) is 7.61. The quantitative estimate of drug-likeness (QED) is 0.777. The Hall–Kier alpha value is -1.09. The summed E-state index contributed by atoms with van der Waals surface area (Å²) in [6.45, 7) is 6.55. The van der Waals surface area contributed by atoms with Crippen molar-refractivity contribution in [2.75, 3.05) is 0 Å². The van der Waals surface area contributed by atoms with Crippen LogP contribution >= 0.6 is 0 Å². The van der Waals surface area contributed by atoms with E-state index in [0.29, 0.717) is 5.56 Å². The van der Waals surface area contributed by atoms with Crippen molar-refractivity contribution in [3.05, 3.63) is 33.2 Å². The van der Waals surface area contributed by atoms with E-state index in [1.165, 1.54) is 0 Å². The molecule has 0 aliphatic carbocycles. The van der Waals surface area contributed by atoms with Gasteiger partial charge < -0.3 is 9.67 Å². The molecule has 3 nitrogen and oxygen atoms in total. The summed E-state index contributed by atoms with van der Waals surface area (Å²) in [5, 5.41) is 9.17. The van der Waals surface area contributed by atoms with Gasteiger partial charge in [0.2, 0.25) is 0 Å². The van der Waals surface area contributed by atoms with Crippen molar-refractivity contribution in [3.8, 4) is 0 Å². The number of hydrogen-bond donors (Lipinski definition) is 1. The van der Waals surface area contributed by atoms with Gasteiger partial charge in [-0.15, -0.1) is 0 Å². The van der Waals surface area contributed by atoms with Gasteiger partial charge in [-0.2, -0.15) is 0 Å². The van der Waals surface area contributed by atoms with E-state index in [1.807, 2.05) is 19.9 Å². The Kier molecular flexibility index (Phi) is 4.74. The van der Waals surface area contributed by atoms with Crippen LogP contribution in [0.5, 0.6) is 0 Å². The van der Waals surface area contributed by atoms with Crippen LogP contribution in [0.1, 0.15) is 43.0 Å². The average Bonchev–Trinajstić information content (AvgIpc) is 2.23. The predicted molar refractivity (Wildman–Crippen MR) is 65.6 cm³/mol. The summed E-state index contributed by atoms with van der Waals surface area (Å²) in [4.78, 5) is 12.0. The zero-order valence-corrected chi connectivity index (χ0v) is 10.4. The summed E-state index contributed by atoms with van der Waals surface area (Å²) in [7, 11) is 0. The number of rotatable bonds is 5. The molecule has 0 bridgehead atoms. The topological polar surface area (TPSA) is 42.2 Å². The number of aryl methyl sites for hydroxylation is 2. The van der Waals surface area contributed by atoms with Crippen molar-refractivity contribution in [2.24, 2.45) is 0 Å². The molecule has 16 heavy (non-hydrogen) atoms. The summed E-state index contributed by atoms with van der Waals surface area (Å²) in [5.41, 5.74) is 2.37. The molecule has 0 aliphatic heterocycles. The number of aliphatic hydroxyl groups excluding tert-OH is 1. The standard InChI is InChI=1S/C13H21NO2/c1-4-5-6-7-14-11(3)8-10(2)12(9-15)13(14)16/h8,15H,4-7,9H2,1-3H3. The van der Waals surface area contributed by atoms with Crippen LogP contribution < -0.4 is 5.56 Å². The summed E-state index contributed by atoms with van der Waals surface area (Å²) >= 11 is 0. The molecule has 1 aromatic heterocycles. The Bertz CT molecular complexity index is 407. The van der Waals surface area contributed by atoms with E-state index >= 15 is 0 Å². The van der Waals surface area contributed by atoms with Crippen molar-refractivity contribution >= 4 is 0 Å². The molecular weight excluding hydrogens is 202 g/mol. The highest BCUT2D eigenvalue weighted by molar-refractivity contribution is 5.25. The summed E-state index contributed by atoms with van der Waals surface area (Å²) in [6.07, 6.45) is 3.30. The first kappa shape index (κ1) is 13.0. The van der Waals surface area contributed by atoms with Gasteiger partial charge in [0.25, 0.3) is 5.56 Å². The van der Waals surface area contributed by atoms with E-state index in [1.54, 1.807) is 4.57 Å². The average molecular weight is 223 g/mol. The lowest BCUT2D eigenvalue weighted by Crippen LogP contribution is -2.27. The smallest absolute Gasteiger partial charge is 0.256 e. The number of aliphatic hydroxyl groups is 1. The summed E-state index contributed by atoms with van der Waals surface area (Å²) in [5.74, 6) is 0. The van der Waals surface area contributed by atoms with Gasteiger partial charge in [0.15, 0.2) is 0 Å². The third-order valence-electron chi connectivity index (χ3n) is 2.97. The molecule has 0 saturated carbocycles. The SMILES string of the molecule is CCCCCn1c(C)cc(C)c(CO)c1=O. The summed E-state index contributed by atoms with van der Waals surface area (Å²) < 4.78 is 1.77. The fourth-order valence-electron chi connectivity index (χ4n) is 1.96. The van der Waals surface area contributed by atoms with Crippen LogP contribution in [-0.4, -0.2) is 9.67 Å². The third kappa shape index (κ3) is 2.73. The van der Waals surface area contributed by atoms with E-state index in [-0.39, 0.29) is 12.2 Å². The lowest BCUT2D eigenvalue weighted by molar-refractivity contribution is 0.278. The van der Waals surface area contributed by atoms with E-state index in [2.05, 4.69) is 6.92 Å². The van der Waals surface area contributed by atoms with Gasteiger partial charge in [0.05, 0.1) is 6.61 Å². The fourth-order valence-corrected chi connectivity index (χ4v) is 1.96. The lowest BCUT2D eigenvalue weighted by atomic mass is 10.1. The lowest BCUT2D eigenvalue weighted by Gasteiger charge is -2.13. The molecule has 0 amide bonds. The molecule has 0 spiro atoms. The number of pyridine rings is 1. The van der Waals surface area contributed by atoms with Crippen molar-refractivity contribution < 1.29 is 5.11 Å². The van der Waals surface area contributed by atoms with Gasteiger partial charge in [-0.3, -0.25) is 4.79 Å². The predicted octanol–water partition coefficient (Wildman–Crippen LogP) is 2.15. The molecule has 0 aliphatic rings. The van der Waals surface area contributed by atoms with Crippen LogP contribution in [0.3, 0.4) is 0 Å². The molecule has 0 fully saturated rings. The van der Waals surface area contributed by atoms with Gasteiger partial charge in [0, 0.05) is 17.8 Å². The highest BCUT2D eigenvalue weighted by Gasteiger charge is 2.08. The van der Waals surface area contributed by atoms with Crippen LogP contribution in [0.2, 0.25) is 0 Å². The van der Waals surface area contributed by atoms with Gasteiger partial charge in [0.1, 0.15) is 0 Å². The normalized spacial score (nSPS) is 10.8. The van der Waals surface area contributed by atoms with Crippen LogP contribution in [0, 0.1) is 13.8 Å². The van der Waals surface area contributed by atoms with Crippen LogP contribution in [0.25, 0.3) is 0 Å². The third-order valence-corrected chi connectivity index (χ3v) is 2.97. The number of hydrogen-bond acceptors (Lipinski definition) is 2. The molecule has 1 N–H and O–H groups in total. The van der Waals surface area contributed by atoms with E-state index in [0.717, 1.165) is 37.1 Å². The molecule has 0 aromatic carbocycles. The monoisotopic (exact) mass is 223 g/mol. The van der Waals surface area contributed by atoms with Crippen LogP contribution in [-0.2, 0) is 13.2 Å². The molecule has 0 saturated heterocycles. The Labute approximate surface area is 96.7 Å². The molecule has 0 radical (unpaired) electrons. The van der Waals surface area contributed by atoms with Gasteiger partial charge in [-0.25, -0.2) is 0 Å². The first-order valence-corrected chi connectivity index (χ1v) is 5.92. The molecular formula is C13H21NO2. The molecule has 1 rings (SSSR count). The van der Waals surface area contributed by atoms with E-state index < -0.39 is 0 Å². The first-order valence-electron chi connectivity index (χ1n) is 5.92. The number of unbranched alkanes of at least 4 members (excludes halogenated alkanes) is 2. The van der Waals surface area contributed by atoms with Crippen molar-refractivity contribution in [2.45, 2.75) is 53.2 Å². The van der Waals surface area contributed by atoms with Crippen LogP contribution in [0.15, 0.2) is 10.9 Å². The van der Waals surface area contributed by atoms with Crippen LogP contribution in [0.4, 0.5) is 0 Å². The Morgan fingerprint density at radius 1 is 1.31 bits per heavy atom. The van der Waals surface area contributed by atoms with E-state index in [4.69, 9.17) is 0 Å².